The number of hydrogen-bond donors (Lipinski definition) is 0. The van der Waals surface area contributed by atoms with E-state index in [1.807, 2.05) is 6.08 Å². The monoisotopic (exact) mass is 178 g/mol. The second-order valence-electron chi connectivity index (χ2n) is 4.47. The quantitative estimate of drug-likeness (QED) is 0.361. The largest absolute Gasteiger partial charge is 0.299 e. The maximum absolute atomic E-state index is 10.3. The van der Waals surface area contributed by atoms with Gasteiger partial charge >= 0.3 is 0 Å². The van der Waals surface area contributed by atoms with Gasteiger partial charge in [-0.1, -0.05) is 31.6 Å². The number of carbonyl (C=O) groups is 1. The molecule has 0 aliphatic heterocycles. The van der Waals surface area contributed by atoms with Gasteiger partial charge in [-0.3, -0.25) is 4.79 Å². The first-order chi connectivity index (χ1) is 6.08. The summed E-state index contributed by atoms with van der Waals surface area (Å²) in [5.74, 6) is 0.437. The van der Waals surface area contributed by atoms with Gasteiger partial charge in [-0.05, 0) is 31.3 Å². The van der Waals surface area contributed by atoms with Gasteiger partial charge in [0.25, 0.3) is 0 Å². The molecule has 0 N–H and O–H groups in total. The van der Waals surface area contributed by atoms with Crippen molar-refractivity contribution in [2.75, 3.05) is 0 Å². The molecule has 0 aromatic carbocycles. The summed E-state index contributed by atoms with van der Waals surface area (Å²) in [6.07, 6.45) is 9.17. The van der Waals surface area contributed by atoms with Crippen LogP contribution in [0.25, 0.3) is 0 Å². The first-order valence-corrected chi connectivity index (χ1v) is 4.86. The molecule has 0 fully saturated rings. The number of hydrogen-bond acceptors (Lipinski definition) is 1. The molecule has 1 nitrogen and oxygen atoms in total. The van der Waals surface area contributed by atoms with E-state index in [-0.39, 0.29) is 0 Å². The Morgan fingerprint density at radius 2 is 2.23 bits per heavy atom. The second kappa shape index (κ2) is 3.91. The van der Waals surface area contributed by atoms with Crippen molar-refractivity contribution in [2.45, 2.75) is 33.6 Å². The smallest absolute Gasteiger partial charge is 0.142 e. The molecule has 0 spiro atoms. The number of aldehydes is 1. The zero-order valence-electron chi connectivity index (χ0n) is 8.71. The Bertz CT molecular complexity index is 246. The van der Waals surface area contributed by atoms with Crippen LogP contribution in [0.5, 0.6) is 0 Å². The van der Waals surface area contributed by atoms with Gasteiger partial charge in [0, 0.05) is 5.92 Å². The normalized spacial score (nSPS) is 27.3. The van der Waals surface area contributed by atoms with Crippen molar-refractivity contribution in [3.8, 4) is 0 Å². The highest BCUT2D eigenvalue weighted by Crippen LogP contribution is 2.41. The first-order valence-electron chi connectivity index (χ1n) is 4.86. The minimum atomic E-state index is 0.304. The molecule has 0 saturated heterocycles. The van der Waals surface area contributed by atoms with Gasteiger partial charge in [-0.25, -0.2) is 0 Å². The molecule has 72 valence electrons. The minimum absolute atomic E-state index is 0.304. The maximum Gasteiger partial charge on any atom is 0.142 e. The van der Waals surface area contributed by atoms with Gasteiger partial charge in [0.2, 0.25) is 0 Å². The van der Waals surface area contributed by atoms with Crippen LogP contribution < -0.4 is 0 Å². The minimum Gasteiger partial charge on any atom is -0.299 e. The Morgan fingerprint density at radius 1 is 1.54 bits per heavy atom. The average Bonchev–Trinajstić information content (AvgIpc) is 2.02. The lowest BCUT2D eigenvalue weighted by Gasteiger charge is -2.36. The van der Waals surface area contributed by atoms with Crippen LogP contribution in [-0.2, 0) is 4.79 Å². The van der Waals surface area contributed by atoms with Crippen LogP contribution in [0, 0.1) is 11.3 Å². The van der Waals surface area contributed by atoms with Crippen LogP contribution in [-0.4, -0.2) is 6.29 Å². The fourth-order valence-electron chi connectivity index (χ4n) is 2.14. The predicted molar refractivity (Wildman–Crippen MR) is 55.5 cm³/mol. The number of carbonyl (C=O) groups excluding carboxylic acids is 1. The molecule has 1 rings (SSSR count). The van der Waals surface area contributed by atoms with Crippen molar-refractivity contribution in [2.24, 2.45) is 11.3 Å². The molecule has 1 aliphatic rings. The van der Waals surface area contributed by atoms with Gasteiger partial charge in [-0.15, -0.1) is 0 Å². The van der Waals surface area contributed by atoms with E-state index in [9.17, 15) is 4.79 Å². The molecule has 0 aromatic heterocycles. The van der Waals surface area contributed by atoms with Gasteiger partial charge in [0.1, 0.15) is 6.29 Å². The van der Waals surface area contributed by atoms with E-state index in [4.69, 9.17) is 0 Å². The molecule has 0 bridgehead atoms. The summed E-state index contributed by atoms with van der Waals surface area (Å²) in [4.78, 5) is 10.3. The van der Waals surface area contributed by atoms with Crippen LogP contribution in [0.4, 0.5) is 0 Å². The van der Waals surface area contributed by atoms with E-state index >= 15 is 0 Å². The molecule has 0 amide bonds. The van der Waals surface area contributed by atoms with E-state index in [0.717, 1.165) is 6.29 Å². The lowest BCUT2D eigenvalue weighted by atomic mass is 9.68. The Morgan fingerprint density at radius 3 is 2.77 bits per heavy atom. The molecular weight excluding hydrogens is 160 g/mol. The Kier molecular flexibility index (Phi) is 3.07. The highest BCUT2D eigenvalue weighted by Gasteiger charge is 2.30. The summed E-state index contributed by atoms with van der Waals surface area (Å²) in [6, 6.07) is 0. The molecular formula is C12H18O. The molecule has 0 saturated carbocycles. The van der Waals surface area contributed by atoms with Crippen LogP contribution >= 0.6 is 0 Å². The molecule has 0 unspecified atom stereocenters. The van der Waals surface area contributed by atoms with E-state index in [0.29, 0.717) is 11.3 Å². The standard InChI is InChI=1S/C12H18O/c1-10-6-4-8-12(2,3)11(10)7-5-9-13/h5-7,9,11H,4,8H2,1-3H3/b7-5+/t11-/m0/s1. The highest BCUT2D eigenvalue weighted by molar-refractivity contribution is 5.64. The molecule has 0 radical (unpaired) electrons. The lowest BCUT2D eigenvalue weighted by molar-refractivity contribution is -0.104. The van der Waals surface area contributed by atoms with Crippen LogP contribution in [0.3, 0.4) is 0 Å². The van der Waals surface area contributed by atoms with Gasteiger partial charge in [0.15, 0.2) is 0 Å². The Hall–Kier alpha value is -0.850. The summed E-state index contributed by atoms with van der Waals surface area (Å²) in [6.45, 7) is 6.69. The SMILES string of the molecule is CC1=CCCC(C)(C)[C@H]1/C=C/C=O. The molecule has 1 aliphatic carbocycles. The van der Waals surface area contributed by atoms with Crippen molar-refractivity contribution in [1.29, 1.82) is 0 Å². The fraction of sp³-hybridized carbons (Fsp3) is 0.583. The topological polar surface area (TPSA) is 17.1 Å². The van der Waals surface area contributed by atoms with E-state index < -0.39 is 0 Å². The Labute approximate surface area is 80.5 Å². The van der Waals surface area contributed by atoms with Crippen LogP contribution in [0.2, 0.25) is 0 Å². The van der Waals surface area contributed by atoms with Crippen molar-refractivity contribution < 1.29 is 4.79 Å². The molecule has 0 heterocycles. The van der Waals surface area contributed by atoms with Crippen LogP contribution in [0.1, 0.15) is 33.6 Å². The van der Waals surface area contributed by atoms with Crippen molar-refractivity contribution in [3.63, 3.8) is 0 Å². The van der Waals surface area contributed by atoms with Crippen molar-refractivity contribution in [3.05, 3.63) is 23.8 Å². The molecule has 13 heavy (non-hydrogen) atoms. The van der Waals surface area contributed by atoms with E-state index in [1.165, 1.54) is 18.4 Å². The summed E-state index contributed by atoms with van der Waals surface area (Å²) >= 11 is 0. The third-order valence-corrected chi connectivity index (χ3v) is 2.97. The maximum atomic E-state index is 10.3. The zero-order chi connectivity index (χ0) is 9.90. The summed E-state index contributed by atoms with van der Waals surface area (Å²) in [5, 5.41) is 0. The van der Waals surface area contributed by atoms with Gasteiger partial charge in [0.05, 0.1) is 0 Å². The molecule has 0 aromatic rings. The predicted octanol–water partition coefficient (Wildman–Crippen LogP) is 3.12. The summed E-state index contributed by atoms with van der Waals surface area (Å²) in [5.41, 5.74) is 1.70. The van der Waals surface area contributed by atoms with Crippen molar-refractivity contribution in [1.82, 2.24) is 0 Å². The van der Waals surface area contributed by atoms with Crippen LogP contribution in [0.15, 0.2) is 23.8 Å². The molecule has 1 heteroatoms. The van der Waals surface area contributed by atoms with E-state index in [2.05, 4.69) is 26.8 Å². The van der Waals surface area contributed by atoms with Gasteiger partial charge in [-0.2, -0.15) is 0 Å². The zero-order valence-corrected chi connectivity index (χ0v) is 8.71. The fourth-order valence-corrected chi connectivity index (χ4v) is 2.14. The summed E-state index contributed by atoms with van der Waals surface area (Å²) < 4.78 is 0. The summed E-state index contributed by atoms with van der Waals surface area (Å²) in [7, 11) is 0. The number of rotatable bonds is 2. The molecule has 1 atom stereocenters. The average molecular weight is 178 g/mol. The number of allylic oxidation sites excluding steroid dienone is 4. The Balaban J connectivity index is 2.87. The third kappa shape index (κ3) is 2.30. The van der Waals surface area contributed by atoms with Crippen molar-refractivity contribution >= 4 is 6.29 Å². The first kappa shape index (κ1) is 10.2. The van der Waals surface area contributed by atoms with Gasteiger partial charge < -0.3 is 0 Å². The lowest BCUT2D eigenvalue weighted by Crippen LogP contribution is -2.26. The van der Waals surface area contributed by atoms with E-state index in [1.54, 1.807) is 6.08 Å². The highest BCUT2D eigenvalue weighted by atomic mass is 16.1. The third-order valence-electron chi connectivity index (χ3n) is 2.97. The second-order valence-corrected chi connectivity index (χ2v) is 4.47.